The standard InChI is InChI=1S/C19H25N/c1-16-9-11-17(12-10-16)15-19(13-14-20(2)3)18-7-5-4-6-8-18/h4-12,19H,13-15H2,1-3H3. The fraction of sp³-hybridized carbons (Fsp3) is 0.368. The Bertz CT molecular complexity index is 499. The lowest BCUT2D eigenvalue weighted by molar-refractivity contribution is 0.380. The first kappa shape index (κ1) is 14.8. The third kappa shape index (κ3) is 4.50. The second-order valence-electron chi connectivity index (χ2n) is 5.89. The van der Waals surface area contributed by atoms with Crippen molar-refractivity contribution in [1.29, 1.82) is 0 Å². The maximum Gasteiger partial charge on any atom is -0.00189 e. The summed E-state index contributed by atoms with van der Waals surface area (Å²) in [6.45, 7) is 3.27. The van der Waals surface area contributed by atoms with Crippen molar-refractivity contribution in [3.05, 3.63) is 71.3 Å². The van der Waals surface area contributed by atoms with E-state index in [1.54, 1.807) is 0 Å². The molecule has 2 aromatic rings. The number of hydrogen-bond acceptors (Lipinski definition) is 1. The zero-order chi connectivity index (χ0) is 14.4. The van der Waals surface area contributed by atoms with E-state index >= 15 is 0 Å². The van der Waals surface area contributed by atoms with Gasteiger partial charge in [0.05, 0.1) is 0 Å². The van der Waals surface area contributed by atoms with Crippen LogP contribution >= 0.6 is 0 Å². The van der Waals surface area contributed by atoms with Crippen molar-refractivity contribution < 1.29 is 0 Å². The molecule has 20 heavy (non-hydrogen) atoms. The summed E-state index contributed by atoms with van der Waals surface area (Å²) >= 11 is 0. The van der Waals surface area contributed by atoms with Crippen molar-refractivity contribution >= 4 is 0 Å². The predicted octanol–water partition coefficient (Wildman–Crippen LogP) is 4.27. The molecule has 0 spiro atoms. The molecule has 0 aliphatic heterocycles. The van der Waals surface area contributed by atoms with Crippen LogP contribution < -0.4 is 0 Å². The SMILES string of the molecule is Cc1ccc(CC(CCN(C)C)c2ccccc2)cc1. The van der Waals surface area contributed by atoms with Gasteiger partial charge in [-0.1, -0.05) is 60.2 Å². The molecule has 0 N–H and O–H groups in total. The average Bonchev–Trinajstić information content (AvgIpc) is 2.46. The molecular weight excluding hydrogens is 242 g/mol. The number of nitrogens with zero attached hydrogens (tertiary/aromatic N) is 1. The summed E-state index contributed by atoms with van der Waals surface area (Å²) in [5.41, 5.74) is 4.22. The van der Waals surface area contributed by atoms with Crippen molar-refractivity contribution in [2.45, 2.75) is 25.7 Å². The van der Waals surface area contributed by atoms with Gasteiger partial charge in [0, 0.05) is 0 Å². The molecule has 0 bridgehead atoms. The highest BCUT2D eigenvalue weighted by molar-refractivity contribution is 5.26. The molecule has 0 fully saturated rings. The average molecular weight is 267 g/mol. The Hall–Kier alpha value is -1.60. The fourth-order valence-electron chi connectivity index (χ4n) is 2.53. The van der Waals surface area contributed by atoms with Crippen LogP contribution in [0, 0.1) is 6.92 Å². The van der Waals surface area contributed by atoms with Gasteiger partial charge in [-0.25, -0.2) is 0 Å². The fourth-order valence-corrected chi connectivity index (χ4v) is 2.53. The molecule has 0 heterocycles. The first-order valence-corrected chi connectivity index (χ1v) is 7.40. The van der Waals surface area contributed by atoms with Crippen LogP contribution in [-0.2, 0) is 6.42 Å². The quantitative estimate of drug-likeness (QED) is 0.755. The summed E-state index contributed by atoms with van der Waals surface area (Å²) in [7, 11) is 4.29. The molecule has 1 atom stereocenters. The molecule has 0 saturated heterocycles. The summed E-state index contributed by atoms with van der Waals surface area (Å²) in [4.78, 5) is 2.27. The molecule has 0 radical (unpaired) electrons. The van der Waals surface area contributed by atoms with E-state index < -0.39 is 0 Å². The van der Waals surface area contributed by atoms with E-state index in [9.17, 15) is 0 Å². The van der Waals surface area contributed by atoms with Crippen LogP contribution in [0.15, 0.2) is 54.6 Å². The number of benzene rings is 2. The lowest BCUT2D eigenvalue weighted by atomic mass is 9.89. The second kappa shape index (κ2) is 7.25. The summed E-state index contributed by atoms with van der Waals surface area (Å²) in [5.74, 6) is 0.598. The lowest BCUT2D eigenvalue weighted by Gasteiger charge is -2.20. The molecule has 2 rings (SSSR count). The minimum Gasteiger partial charge on any atom is -0.309 e. The van der Waals surface area contributed by atoms with Crippen molar-refractivity contribution in [2.75, 3.05) is 20.6 Å². The van der Waals surface area contributed by atoms with Gasteiger partial charge in [0.1, 0.15) is 0 Å². The minimum atomic E-state index is 0.598. The van der Waals surface area contributed by atoms with E-state index in [0.29, 0.717) is 5.92 Å². The summed E-state index contributed by atoms with van der Waals surface area (Å²) < 4.78 is 0. The van der Waals surface area contributed by atoms with Gasteiger partial charge in [-0.3, -0.25) is 0 Å². The molecule has 2 aromatic carbocycles. The van der Waals surface area contributed by atoms with Crippen molar-refractivity contribution in [2.24, 2.45) is 0 Å². The van der Waals surface area contributed by atoms with E-state index in [-0.39, 0.29) is 0 Å². The van der Waals surface area contributed by atoms with E-state index in [2.05, 4.69) is 80.5 Å². The van der Waals surface area contributed by atoms with E-state index in [0.717, 1.165) is 13.0 Å². The van der Waals surface area contributed by atoms with Crippen LogP contribution in [0.2, 0.25) is 0 Å². The van der Waals surface area contributed by atoms with Crippen molar-refractivity contribution in [3.63, 3.8) is 0 Å². The maximum absolute atomic E-state index is 2.27. The minimum absolute atomic E-state index is 0.598. The van der Waals surface area contributed by atoms with Gasteiger partial charge in [0.2, 0.25) is 0 Å². The highest BCUT2D eigenvalue weighted by Gasteiger charge is 2.12. The number of rotatable bonds is 6. The van der Waals surface area contributed by atoms with Gasteiger partial charge in [-0.15, -0.1) is 0 Å². The summed E-state index contributed by atoms with van der Waals surface area (Å²) in [6, 6.07) is 19.9. The van der Waals surface area contributed by atoms with Crippen LogP contribution in [0.3, 0.4) is 0 Å². The lowest BCUT2D eigenvalue weighted by Crippen LogP contribution is -2.17. The van der Waals surface area contributed by atoms with Gasteiger partial charge >= 0.3 is 0 Å². The van der Waals surface area contributed by atoms with Crippen LogP contribution in [0.1, 0.15) is 29.0 Å². The molecule has 0 saturated carbocycles. The molecule has 0 aliphatic carbocycles. The number of hydrogen-bond donors (Lipinski definition) is 0. The van der Waals surface area contributed by atoms with Crippen LogP contribution in [0.25, 0.3) is 0 Å². The van der Waals surface area contributed by atoms with Gasteiger partial charge in [0.25, 0.3) is 0 Å². The molecule has 1 unspecified atom stereocenters. The third-order valence-corrected chi connectivity index (χ3v) is 3.80. The Morgan fingerprint density at radius 3 is 2.15 bits per heavy atom. The molecule has 0 aliphatic rings. The third-order valence-electron chi connectivity index (χ3n) is 3.80. The Morgan fingerprint density at radius 1 is 0.900 bits per heavy atom. The van der Waals surface area contributed by atoms with Crippen molar-refractivity contribution in [1.82, 2.24) is 4.90 Å². The summed E-state index contributed by atoms with van der Waals surface area (Å²) in [6.07, 6.45) is 2.32. The first-order chi connectivity index (χ1) is 9.65. The van der Waals surface area contributed by atoms with E-state index in [1.165, 1.54) is 23.1 Å². The van der Waals surface area contributed by atoms with Gasteiger partial charge in [0.15, 0.2) is 0 Å². The monoisotopic (exact) mass is 267 g/mol. The largest absolute Gasteiger partial charge is 0.309 e. The van der Waals surface area contributed by atoms with Gasteiger partial charge < -0.3 is 4.90 Å². The Labute approximate surface area is 123 Å². The Kier molecular flexibility index (Phi) is 5.37. The van der Waals surface area contributed by atoms with Gasteiger partial charge in [-0.2, -0.15) is 0 Å². The molecule has 106 valence electrons. The van der Waals surface area contributed by atoms with Crippen LogP contribution in [0.5, 0.6) is 0 Å². The first-order valence-electron chi connectivity index (χ1n) is 7.40. The van der Waals surface area contributed by atoms with Crippen LogP contribution in [0.4, 0.5) is 0 Å². The van der Waals surface area contributed by atoms with E-state index in [1.807, 2.05) is 0 Å². The molecule has 1 heteroatoms. The highest BCUT2D eigenvalue weighted by atomic mass is 15.0. The molecule has 1 nitrogen and oxygen atoms in total. The molecular formula is C19H25N. The Morgan fingerprint density at radius 2 is 1.55 bits per heavy atom. The van der Waals surface area contributed by atoms with E-state index in [4.69, 9.17) is 0 Å². The van der Waals surface area contributed by atoms with Crippen molar-refractivity contribution in [3.8, 4) is 0 Å². The summed E-state index contributed by atoms with van der Waals surface area (Å²) in [5, 5.41) is 0. The zero-order valence-corrected chi connectivity index (χ0v) is 12.8. The highest BCUT2D eigenvalue weighted by Crippen LogP contribution is 2.24. The maximum atomic E-state index is 2.27. The second-order valence-corrected chi connectivity index (χ2v) is 5.89. The molecule has 0 aromatic heterocycles. The molecule has 0 amide bonds. The smallest absolute Gasteiger partial charge is 0.00189 e. The van der Waals surface area contributed by atoms with Crippen LogP contribution in [-0.4, -0.2) is 25.5 Å². The van der Waals surface area contributed by atoms with Gasteiger partial charge in [-0.05, 0) is 57.5 Å². The Balaban J connectivity index is 2.12. The zero-order valence-electron chi connectivity index (χ0n) is 12.8. The normalized spacial score (nSPS) is 12.6. The number of aryl methyl sites for hydroxylation is 1. The topological polar surface area (TPSA) is 3.24 Å². The predicted molar refractivity (Wildman–Crippen MR) is 87.2 cm³/mol.